The van der Waals surface area contributed by atoms with Crippen LogP contribution in [0.15, 0.2) is 17.2 Å². The van der Waals surface area contributed by atoms with E-state index in [0.29, 0.717) is 11.8 Å². The van der Waals surface area contributed by atoms with E-state index in [-0.39, 0.29) is 42.3 Å². The molecule has 148 valence electrons. The van der Waals surface area contributed by atoms with Gasteiger partial charge in [-0.1, -0.05) is 58.2 Å². The number of amides is 1. The quantitative estimate of drug-likeness (QED) is 0.387. The van der Waals surface area contributed by atoms with E-state index in [9.17, 15) is 18.0 Å². The lowest BCUT2D eigenvalue weighted by Gasteiger charge is -2.14. The third-order valence-electron chi connectivity index (χ3n) is 3.25. The van der Waals surface area contributed by atoms with Crippen LogP contribution in [0.2, 0.25) is 20.1 Å². The smallest absolute Gasteiger partial charge is 0.323 e. The van der Waals surface area contributed by atoms with Crippen molar-refractivity contribution in [2.24, 2.45) is 0 Å². The second kappa shape index (κ2) is 8.97. The normalized spacial score (nSPS) is 11.2. The molecule has 2 aromatic rings. The SMILES string of the molecule is Cc1cc(C(F)(F)F)c(C#N)c(SCC(=O)Nc2c(Cl)c(Cl)cc(Cl)c2Cl)n1. The Morgan fingerprint density at radius 2 is 1.79 bits per heavy atom. The minimum atomic E-state index is -4.73. The molecular formula is C16H8Cl4F3N3OS. The lowest BCUT2D eigenvalue weighted by atomic mass is 10.1. The molecule has 0 spiro atoms. The average Bonchev–Trinajstić information content (AvgIpc) is 2.60. The van der Waals surface area contributed by atoms with Crippen LogP contribution in [-0.4, -0.2) is 16.6 Å². The lowest BCUT2D eigenvalue weighted by molar-refractivity contribution is -0.138. The molecule has 0 aliphatic carbocycles. The predicted octanol–water partition coefficient (Wildman–Crippen LogP) is 6.62. The van der Waals surface area contributed by atoms with E-state index in [1.54, 1.807) is 0 Å². The molecule has 0 aliphatic heterocycles. The summed E-state index contributed by atoms with van der Waals surface area (Å²) >= 11 is 24.4. The first kappa shape index (κ1) is 22.9. The van der Waals surface area contributed by atoms with Crippen LogP contribution in [0.4, 0.5) is 18.9 Å². The van der Waals surface area contributed by atoms with Crippen molar-refractivity contribution in [3.8, 4) is 6.07 Å². The maximum absolute atomic E-state index is 13.1. The van der Waals surface area contributed by atoms with Gasteiger partial charge in [0, 0.05) is 5.69 Å². The number of carbonyl (C=O) groups excluding carboxylic acids is 1. The standard InChI is InChI=1S/C16H8Cl4F3N3OS/c1-6-2-8(16(21,22)23)7(4-24)15(25-6)28-5-11(27)26-14-12(19)9(17)3-10(18)13(14)20/h2-3H,5H2,1H3,(H,26,27). The number of halogens is 7. The van der Waals surface area contributed by atoms with Gasteiger partial charge in [0.05, 0.1) is 42.7 Å². The Bertz CT molecular complexity index is 967. The molecule has 0 radical (unpaired) electrons. The summed E-state index contributed by atoms with van der Waals surface area (Å²) in [6, 6.07) is 3.56. The molecule has 1 aromatic heterocycles. The number of anilines is 1. The number of thioether (sulfide) groups is 1. The summed E-state index contributed by atoms with van der Waals surface area (Å²) in [6.07, 6.45) is -4.73. The van der Waals surface area contributed by atoms with Crippen LogP contribution in [0.3, 0.4) is 0 Å². The third-order valence-corrected chi connectivity index (χ3v) is 5.80. The van der Waals surface area contributed by atoms with Crippen molar-refractivity contribution >= 4 is 69.8 Å². The number of nitrogens with zero attached hydrogens (tertiary/aromatic N) is 2. The molecule has 1 heterocycles. The summed E-state index contributed by atoms with van der Waals surface area (Å²) in [7, 11) is 0. The highest BCUT2D eigenvalue weighted by molar-refractivity contribution is 8.00. The number of alkyl halides is 3. The zero-order chi connectivity index (χ0) is 21.2. The van der Waals surface area contributed by atoms with Gasteiger partial charge in [-0.3, -0.25) is 4.79 Å². The Morgan fingerprint density at radius 3 is 2.29 bits per heavy atom. The Kier molecular flexibility index (Phi) is 7.34. The van der Waals surface area contributed by atoms with Gasteiger partial charge in [0.1, 0.15) is 11.1 Å². The molecule has 0 bridgehead atoms. The number of nitriles is 1. The monoisotopic (exact) mass is 487 g/mol. The molecule has 0 fully saturated rings. The highest BCUT2D eigenvalue weighted by atomic mass is 35.5. The summed E-state index contributed by atoms with van der Waals surface area (Å²) in [5.41, 5.74) is -1.74. The number of rotatable bonds is 4. The van der Waals surface area contributed by atoms with Crippen LogP contribution in [0.25, 0.3) is 0 Å². The summed E-state index contributed by atoms with van der Waals surface area (Å²) in [5.74, 6) is -1.02. The molecule has 12 heteroatoms. The Morgan fingerprint density at radius 1 is 1.21 bits per heavy atom. The van der Waals surface area contributed by atoms with Gasteiger partial charge >= 0.3 is 6.18 Å². The van der Waals surface area contributed by atoms with Crippen LogP contribution in [0.1, 0.15) is 16.8 Å². The fourth-order valence-corrected chi connectivity index (χ4v) is 3.83. The van der Waals surface area contributed by atoms with E-state index >= 15 is 0 Å². The Balaban J connectivity index is 2.26. The van der Waals surface area contributed by atoms with Gasteiger partial charge < -0.3 is 5.32 Å². The summed E-state index contributed by atoms with van der Waals surface area (Å²) in [6.45, 7) is 1.36. The van der Waals surface area contributed by atoms with Crippen molar-refractivity contribution < 1.29 is 18.0 Å². The zero-order valence-electron chi connectivity index (χ0n) is 13.7. The Labute approximate surface area is 181 Å². The van der Waals surface area contributed by atoms with Crippen LogP contribution in [-0.2, 0) is 11.0 Å². The molecule has 4 nitrogen and oxygen atoms in total. The van der Waals surface area contributed by atoms with Crippen molar-refractivity contribution in [1.29, 1.82) is 5.26 Å². The number of hydrogen-bond donors (Lipinski definition) is 1. The summed E-state index contributed by atoms with van der Waals surface area (Å²) in [5, 5.41) is 11.3. The van der Waals surface area contributed by atoms with Gasteiger partial charge in [0.15, 0.2) is 0 Å². The fourth-order valence-electron chi connectivity index (χ4n) is 2.07. The zero-order valence-corrected chi connectivity index (χ0v) is 17.6. The fraction of sp³-hybridized carbons (Fsp3) is 0.188. The average molecular weight is 489 g/mol. The van der Waals surface area contributed by atoms with E-state index in [1.807, 2.05) is 0 Å². The van der Waals surface area contributed by atoms with E-state index < -0.39 is 23.2 Å². The predicted molar refractivity (Wildman–Crippen MR) is 105 cm³/mol. The second-order valence-corrected chi connectivity index (χ2v) is 7.82. The number of nitrogens with one attached hydrogen (secondary N) is 1. The molecule has 1 amide bonds. The van der Waals surface area contributed by atoms with Gasteiger partial charge in [-0.2, -0.15) is 18.4 Å². The molecule has 0 saturated carbocycles. The molecule has 28 heavy (non-hydrogen) atoms. The number of hydrogen-bond acceptors (Lipinski definition) is 4. The third kappa shape index (κ3) is 5.16. The molecular weight excluding hydrogens is 481 g/mol. The number of carbonyl (C=O) groups is 1. The molecule has 1 N–H and O–H groups in total. The topological polar surface area (TPSA) is 65.8 Å². The van der Waals surface area contributed by atoms with Crippen LogP contribution < -0.4 is 5.32 Å². The van der Waals surface area contributed by atoms with Gasteiger partial charge in [0.2, 0.25) is 5.91 Å². The molecule has 0 aliphatic rings. The van der Waals surface area contributed by atoms with Crippen molar-refractivity contribution in [2.75, 3.05) is 11.1 Å². The second-order valence-electron chi connectivity index (χ2n) is 5.28. The number of aryl methyl sites for hydroxylation is 1. The first-order valence-corrected chi connectivity index (χ1v) is 9.70. The van der Waals surface area contributed by atoms with Crippen LogP contribution in [0.5, 0.6) is 0 Å². The summed E-state index contributed by atoms with van der Waals surface area (Å²) in [4.78, 5) is 16.1. The van der Waals surface area contributed by atoms with Crippen molar-refractivity contribution in [3.05, 3.63) is 49.0 Å². The van der Waals surface area contributed by atoms with Gasteiger partial charge in [-0.15, -0.1) is 0 Å². The van der Waals surface area contributed by atoms with Crippen LogP contribution >= 0.6 is 58.2 Å². The van der Waals surface area contributed by atoms with E-state index in [4.69, 9.17) is 51.7 Å². The molecule has 0 saturated heterocycles. The lowest BCUT2D eigenvalue weighted by Crippen LogP contribution is -2.16. The van der Waals surface area contributed by atoms with Crippen molar-refractivity contribution in [2.45, 2.75) is 18.1 Å². The van der Waals surface area contributed by atoms with E-state index in [2.05, 4.69) is 10.3 Å². The van der Waals surface area contributed by atoms with Gasteiger partial charge in [-0.25, -0.2) is 4.98 Å². The summed E-state index contributed by atoms with van der Waals surface area (Å²) < 4.78 is 39.4. The van der Waals surface area contributed by atoms with Crippen LogP contribution in [0, 0.1) is 18.3 Å². The van der Waals surface area contributed by atoms with Gasteiger partial charge in [0.25, 0.3) is 0 Å². The highest BCUT2D eigenvalue weighted by Crippen LogP contribution is 2.41. The number of benzene rings is 1. The largest absolute Gasteiger partial charge is 0.417 e. The van der Waals surface area contributed by atoms with E-state index in [0.717, 1.165) is 6.07 Å². The minimum Gasteiger partial charge on any atom is -0.323 e. The van der Waals surface area contributed by atoms with Gasteiger partial charge in [-0.05, 0) is 19.1 Å². The maximum Gasteiger partial charge on any atom is 0.417 e. The first-order valence-electron chi connectivity index (χ1n) is 7.20. The maximum atomic E-state index is 13.1. The minimum absolute atomic E-state index is 0.0277. The van der Waals surface area contributed by atoms with Crippen molar-refractivity contribution in [1.82, 2.24) is 4.98 Å². The molecule has 0 atom stereocenters. The molecule has 0 unspecified atom stereocenters. The number of aromatic nitrogens is 1. The Hall–Kier alpha value is -1.37. The molecule has 1 aromatic carbocycles. The number of pyridine rings is 1. The van der Waals surface area contributed by atoms with E-state index in [1.165, 1.54) is 19.1 Å². The van der Waals surface area contributed by atoms with Crippen molar-refractivity contribution in [3.63, 3.8) is 0 Å². The first-order chi connectivity index (χ1) is 13.0. The molecule has 2 rings (SSSR count). The highest BCUT2D eigenvalue weighted by Gasteiger charge is 2.35.